The second kappa shape index (κ2) is 8.18. The molecule has 27 heavy (non-hydrogen) atoms. The quantitative estimate of drug-likeness (QED) is 0.671. The third-order valence-corrected chi connectivity index (χ3v) is 4.70. The highest BCUT2D eigenvalue weighted by molar-refractivity contribution is 5.99. The maximum Gasteiger partial charge on any atom is 0.257 e. The standard InChI is InChI=1S/C20H25N5O2/c1-4-24(5-2)12-15-10-21-19-18(11-22-25(19)13-15)20(27)23-14(3)16-6-8-17(26)9-7-16/h6-11,13-14,26H,4-5,12H2,1-3H3,(H,23,27)/t14-/m1/s1. The van der Waals surface area contributed by atoms with Crippen molar-refractivity contribution in [1.82, 2.24) is 24.8 Å². The number of nitrogens with zero attached hydrogens (tertiary/aromatic N) is 4. The molecule has 0 aliphatic carbocycles. The lowest BCUT2D eigenvalue weighted by Crippen LogP contribution is -2.26. The van der Waals surface area contributed by atoms with E-state index in [4.69, 9.17) is 0 Å². The first-order valence-electron chi connectivity index (χ1n) is 9.16. The molecule has 1 amide bonds. The highest BCUT2D eigenvalue weighted by atomic mass is 16.3. The summed E-state index contributed by atoms with van der Waals surface area (Å²) in [7, 11) is 0. The number of benzene rings is 1. The van der Waals surface area contributed by atoms with E-state index < -0.39 is 0 Å². The van der Waals surface area contributed by atoms with E-state index >= 15 is 0 Å². The van der Waals surface area contributed by atoms with Gasteiger partial charge in [0.25, 0.3) is 5.91 Å². The smallest absolute Gasteiger partial charge is 0.257 e. The number of hydrogen-bond acceptors (Lipinski definition) is 5. The van der Waals surface area contributed by atoms with Gasteiger partial charge in [-0.25, -0.2) is 9.50 Å². The molecular formula is C20H25N5O2. The zero-order valence-electron chi connectivity index (χ0n) is 15.9. The largest absolute Gasteiger partial charge is 0.508 e. The van der Waals surface area contributed by atoms with Crippen LogP contribution in [0.5, 0.6) is 5.75 Å². The third kappa shape index (κ3) is 4.25. The molecule has 0 aliphatic rings. The van der Waals surface area contributed by atoms with Crippen LogP contribution in [0.15, 0.2) is 42.9 Å². The Hall–Kier alpha value is -2.93. The van der Waals surface area contributed by atoms with Crippen LogP contribution < -0.4 is 5.32 Å². The molecule has 0 fully saturated rings. The molecule has 0 radical (unpaired) electrons. The van der Waals surface area contributed by atoms with Gasteiger partial charge in [0.05, 0.1) is 12.2 Å². The molecule has 0 aliphatic heterocycles. The number of aromatic hydroxyl groups is 1. The topological polar surface area (TPSA) is 82.8 Å². The lowest BCUT2D eigenvalue weighted by atomic mass is 10.1. The number of fused-ring (bicyclic) bond motifs is 1. The summed E-state index contributed by atoms with van der Waals surface area (Å²) >= 11 is 0. The first-order chi connectivity index (χ1) is 13.0. The fourth-order valence-corrected chi connectivity index (χ4v) is 2.98. The van der Waals surface area contributed by atoms with Crippen LogP contribution in [0.3, 0.4) is 0 Å². The summed E-state index contributed by atoms with van der Waals surface area (Å²) in [5.74, 6) is -0.0285. The summed E-state index contributed by atoms with van der Waals surface area (Å²) in [4.78, 5) is 19.4. The molecule has 7 nitrogen and oxygen atoms in total. The Morgan fingerprint density at radius 3 is 2.59 bits per heavy atom. The maximum atomic E-state index is 12.7. The van der Waals surface area contributed by atoms with Crippen LogP contribution in [0.4, 0.5) is 0 Å². The van der Waals surface area contributed by atoms with Crippen LogP contribution in [0.1, 0.15) is 48.3 Å². The number of phenols is 1. The fraction of sp³-hybridized carbons (Fsp3) is 0.350. The third-order valence-electron chi connectivity index (χ3n) is 4.70. The minimum atomic E-state index is -0.227. The van der Waals surface area contributed by atoms with Crippen molar-refractivity contribution in [2.45, 2.75) is 33.4 Å². The van der Waals surface area contributed by atoms with Gasteiger partial charge in [-0.1, -0.05) is 26.0 Å². The van der Waals surface area contributed by atoms with Crippen molar-refractivity contribution in [1.29, 1.82) is 0 Å². The van der Waals surface area contributed by atoms with E-state index in [-0.39, 0.29) is 17.7 Å². The molecule has 2 N–H and O–H groups in total. The van der Waals surface area contributed by atoms with Crippen LogP contribution in [-0.4, -0.2) is 43.6 Å². The number of amides is 1. The Morgan fingerprint density at radius 1 is 1.22 bits per heavy atom. The predicted octanol–water partition coefficient (Wildman–Crippen LogP) is 2.77. The number of nitrogens with one attached hydrogen (secondary N) is 1. The summed E-state index contributed by atoms with van der Waals surface area (Å²) in [6, 6.07) is 6.58. The van der Waals surface area contributed by atoms with E-state index in [1.54, 1.807) is 41.2 Å². The number of aromatic nitrogens is 3. The summed E-state index contributed by atoms with van der Waals surface area (Å²) in [6.45, 7) is 8.88. The van der Waals surface area contributed by atoms with Gasteiger partial charge >= 0.3 is 0 Å². The molecular weight excluding hydrogens is 342 g/mol. The fourth-order valence-electron chi connectivity index (χ4n) is 2.98. The summed E-state index contributed by atoms with van der Waals surface area (Å²) in [5.41, 5.74) is 2.94. The zero-order valence-corrected chi connectivity index (χ0v) is 15.9. The molecule has 0 saturated carbocycles. The highest BCUT2D eigenvalue weighted by Gasteiger charge is 2.17. The van der Waals surface area contributed by atoms with Crippen LogP contribution in [0.2, 0.25) is 0 Å². The van der Waals surface area contributed by atoms with Crippen molar-refractivity contribution < 1.29 is 9.90 Å². The van der Waals surface area contributed by atoms with Gasteiger partial charge in [-0.3, -0.25) is 9.69 Å². The molecule has 142 valence electrons. The first-order valence-corrected chi connectivity index (χ1v) is 9.16. The van der Waals surface area contributed by atoms with Gasteiger partial charge in [-0.05, 0) is 37.7 Å². The average molecular weight is 367 g/mol. The number of carbonyl (C=O) groups is 1. The van der Waals surface area contributed by atoms with Crippen molar-refractivity contribution in [3.05, 3.63) is 59.5 Å². The van der Waals surface area contributed by atoms with Gasteiger partial charge in [-0.2, -0.15) is 5.10 Å². The molecule has 7 heteroatoms. The molecule has 3 aromatic rings. The van der Waals surface area contributed by atoms with Crippen LogP contribution >= 0.6 is 0 Å². The molecule has 2 heterocycles. The molecule has 3 rings (SSSR count). The van der Waals surface area contributed by atoms with Gasteiger partial charge in [0, 0.05) is 24.5 Å². The Kier molecular flexibility index (Phi) is 5.71. The Balaban J connectivity index is 1.76. The number of carbonyl (C=O) groups excluding carboxylic acids is 1. The van der Waals surface area contributed by atoms with E-state index in [0.717, 1.165) is 30.8 Å². The lowest BCUT2D eigenvalue weighted by molar-refractivity contribution is 0.0941. The predicted molar refractivity (Wildman–Crippen MR) is 104 cm³/mol. The maximum absolute atomic E-state index is 12.7. The van der Waals surface area contributed by atoms with Gasteiger partial charge in [0.15, 0.2) is 5.65 Å². The van der Waals surface area contributed by atoms with Crippen LogP contribution in [0, 0.1) is 0 Å². The summed E-state index contributed by atoms with van der Waals surface area (Å²) < 4.78 is 1.65. The van der Waals surface area contributed by atoms with Crippen molar-refractivity contribution in [2.24, 2.45) is 0 Å². The molecule has 0 bridgehead atoms. The van der Waals surface area contributed by atoms with Gasteiger partial charge in [-0.15, -0.1) is 0 Å². The van der Waals surface area contributed by atoms with Gasteiger partial charge in [0.2, 0.25) is 0 Å². The summed E-state index contributed by atoms with van der Waals surface area (Å²) in [6.07, 6.45) is 5.26. The number of hydrogen-bond donors (Lipinski definition) is 2. The monoisotopic (exact) mass is 367 g/mol. The van der Waals surface area contributed by atoms with Crippen molar-refractivity contribution in [3.63, 3.8) is 0 Å². The van der Waals surface area contributed by atoms with Crippen molar-refractivity contribution in [3.8, 4) is 5.75 Å². The molecule has 0 saturated heterocycles. The minimum Gasteiger partial charge on any atom is -0.508 e. The molecule has 1 aromatic carbocycles. The Bertz CT molecular complexity index is 916. The average Bonchev–Trinajstić information content (AvgIpc) is 3.09. The Labute approximate surface area is 158 Å². The number of rotatable bonds is 7. The molecule has 0 spiro atoms. The van der Waals surface area contributed by atoms with E-state index in [2.05, 4.69) is 34.1 Å². The summed E-state index contributed by atoms with van der Waals surface area (Å²) in [5, 5.41) is 16.6. The SMILES string of the molecule is CCN(CC)Cc1cnc2c(C(=O)N[C@H](C)c3ccc(O)cc3)cnn2c1. The zero-order chi connectivity index (χ0) is 19.4. The van der Waals surface area contributed by atoms with E-state index in [0.29, 0.717) is 11.2 Å². The second-order valence-electron chi connectivity index (χ2n) is 6.54. The molecule has 2 aromatic heterocycles. The van der Waals surface area contributed by atoms with E-state index in [1.165, 1.54) is 0 Å². The van der Waals surface area contributed by atoms with E-state index in [1.807, 2.05) is 13.1 Å². The van der Waals surface area contributed by atoms with Crippen molar-refractivity contribution in [2.75, 3.05) is 13.1 Å². The second-order valence-corrected chi connectivity index (χ2v) is 6.54. The van der Waals surface area contributed by atoms with E-state index in [9.17, 15) is 9.90 Å². The number of phenolic OH excluding ortho intramolecular Hbond substituents is 1. The highest BCUT2D eigenvalue weighted by Crippen LogP contribution is 2.18. The molecule has 1 atom stereocenters. The lowest BCUT2D eigenvalue weighted by Gasteiger charge is -2.17. The van der Waals surface area contributed by atoms with Gasteiger partial charge in [0.1, 0.15) is 11.3 Å². The van der Waals surface area contributed by atoms with Gasteiger partial charge < -0.3 is 10.4 Å². The first kappa shape index (κ1) is 18.8. The van der Waals surface area contributed by atoms with Crippen molar-refractivity contribution >= 4 is 11.6 Å². The van der Waals surface area contributed by atoms with Crippen LogP contribution in [0.25, 0.3) is 5.65 Å². The van der Waals surface area contributed by atoms with Crippen LogP contribution in [-0.2, 0) is 6.54 Å². The Morgan fingerprint density at radius 2 is 1.93 bits per heavy atom. The normalized spacial score (nSPS) is 12.4. The minimum absolute atomic E-state index is 0.199. The molecule has 0 unspecified atom stereocenters.